The molecule has 128 valence electrons. The summed E-state index contributed by atoms with van der Waals surface area (Å²) in [5, 5.41) is 3.14. The van der Waals surface area contributed by atoms with Crippen molar-refractivity contribution in [2.45, 2.75) is 20.0 Å². The van der Waals surface area contributed by atoms with Gasteiger partial charge in [0.1, 0.15) is 17.2 Å². The van der Waals surface area contributed by atoms with Crippen molar-refractivity contribution in [1.82, 2.24) is 0 Å². The Kier molecular flexibility index (Phi) is 5.93. The van der Waals surface area contributed by atoms with Crippen molar-refractivity contribution in [2.24, 2.45) is 0 Å². The number of carbonyl (C=O) groups is 1. The van der Waals surface area contributed by atoms with Gasteiger partial charge in [-0.25, -0.2) is 0 Å². The van der Waals surface area contributed by atoms with Gasteiger partial charge >= 0.3 is 0 Å². The van der Waals surface area contributed by atoms with Gasteiger partial charge in [-0.1, -0.05) is 29.8 Å². The first kappa shape index (κ1) is 17.9. The second-order valence-electron chi connectivity index (χ2n) is 5.20. The van der Waals surface area contributed by atoms with Gasteiger partial charge in [0.05, 0.1) is 24.9 Å². The Labute approximate surface area is 146 Å². The van der Waals surface area contributed by atoms with E-state index in [1.54, 1.807) is 19.1 Å². The van der Waals surface area contributed by atoms with E-state index in [1.165, 1.54) is 14.2 Å². The molecule has 0 saturated heterocycles. The lowest BCUT2D eigenvalue weighted by Gasteiger charge is -2.18. The number of rotatable bonds is 6. The average Bonchev–Trinajstić information content (AvgIpc) is 2.57. The Hall–Kier alpha value is -2.40. The van der Waals surface area contributed by atoms with Crippen LogP contribution in [0.4, 0.5) is 5.69 Å². The number of aryl methyl sites for hydroxylation is 1. The van der Waals surface area contributed by atoms with E-state index in [1.807, 2.05) is 31.2 Å². The maximum Gasteiger partial charge on any atom is 0.265 e. The van der Waals surface area contributed by atoms with Gasteiger partial charge in [-0.15, -0.1) is 0 Å². The third-order valence-corrected chi connectivity index (χ3v) is 3.79. The van der Waals surface area contributed by atoms with Crippen LogP contribution in [-0.2, 0) is 4.79 Å². The van der Waals surface area contributed by atoms with Crippen LogP contribution in [0.25, 0.3) is 0 Å². The van der Waals surface area contributed by atoms with E-state index in [2.05, 4.69) is 5.32 Å². The van der Waals surface area contributed by atoms with Crippen molar-refractivity contribution in [3.63, 3.8) is 0 Å². The van der Waals surface area contributed by atoms with Crippen LogP contribution in [-0.4, -0.2) is 26.2 Å². The zero-order valence-electron chi connectivity index (χ0n) is 14.1. The quantitative estimate of drug-likeness (QED) is 0.854. The molecule has 0 aromatic heterocycles. The number of amides is 1. The van der Waals surface area contributed by atoms with Crippen molar-refractivity contribution in [3.05, 3.63) is 47.0 Å². The molecular formula is C18H20ClNO4. The largest absolute Gasteiger partial charge is 0.495 e. The minimum absolute atomic E-state index is 0.308. The molecule has 0 radical (unpaired) electrons. The fourth-order valence-electron chi connectivity index (χ4n) is 2.12. The van der Waals surface area contributed by atoms with Gasteiger partial charge in [-0.3, -0.25) is 4.79 Å². The fraction of sp³-hybridized carbons (Fsp3) is 0.278. The van der Waals surface area contributed by atoms with E-state index < -0.39 is 6.10 Å². The predicted octanol–water partition coefficient (Wildman–Crippen LogP) is 4.07. The number of halogens is 1. The highest BCUT2D eigenvalue weighted by Gasteiger charge is 2.19. The normalized spacial score (nSPS) is 11.5. The molecule has 0 aliphatic rings. The summed E-state index contributed by atoms with van der Waals surface area (Å²) in [5.74, 6) is 1.28. The molecule has 24 heavy (non-hydrogen) atoms. The molecule has 2 aromatic rings. The molecule has 6 heteroatoms. The monoisotopic (exact) mass is 349 g/mol. The zero-order valence-corrected chi connectivity index (χ0v) is 14.8. The molecule has 2 rings (SSSR count). The molecule has 0 fully saturated rings. The van der Waals surface area contributed by atoms with Crippen LogP contribution >= 0.6 is 11.6 Å². The second-order valence-corrected chi connectivity index (χ2v) is 5.61. The average molecular weight is 350 g/mol. The number of para-hydroxylation sites is 1. The number of ether oxygens (including phenoxy) is 3. The first-order chi connectivity index (χ1) is 11.5. The molecule has 1 atom stereocenters. The van der Waals surface area contributed by atoms with E-state index in [4.69, 9.17) is 25.8 Å². The van der Waals surface area contributed by atoms with E-state index in [9.17, 15) is 4.79 Å². The van der Waals surface area contributed by atoms with Crippen LogP contribution in [0.5, 0.6) is 17.2 Å². The van der Waals surface area contributed by atoms with Gasteiger partial charge < -0.3 is 19.5 Å². The first-order valence-corrected chi connectivity index (χ1v) is 7.78. The Morgan fingerprint density at radius 2 is 1.75 bits per heavy atom. The van der Waals surface area contributed by atoms with E-state index in [-0.39, 0.29) is 5.91 Å². The number of methoxy groups -OCH3 is 2. The summed E-state index contributed by atoms with van der Waals surface area (Å²) in [5.41, 5.74) is 1.41. The van der Waals surface area contributed by atoms with Crippen molar-refractivity contribution in [2.75, 3.05) is 19.5 Å². The molecule has 5 nitrogen and oxygen atoms in total. The highest BCUT2D eigenvalue weighted by atomic mass is 35.5. The smallest absolute Gasteiger partial charge is 0.265 e. The number of nitrogens with one attached hydrogen (secondary N) is 1. The van der Waals surface area contributed by atoms with E-state index in [0.717, 1.165) is 5.56 Å². The number of anilines is 1. The van der Waals surface area contributed by atoms with Gasteiger partial charge in [0, 0.05) is 6.07 Å². The summed E-state index contributed by atoms with van der Waals surface area (Å²) in [7, 11) is 3.02. The summed E-state index contributed by atoms with van der Waals surface area (Å²) in [6.45, 7) is 3.60. The minimum Gasteiger partial charge on any atom is -0.495 e. The standard InChI is InChI=1S/C18H20ClNO4/c1-11-7-5-6-8-15(11)24-12(2)18(21)20-14-9-13(19)16(22-3)10-17(14)23-4/h5-10,12H,1-4H3,(H,20,21)/t12-/m0/s1. The lowest BCUT2D eigenvalue weighted by molar-refractivity contribution is -0.122. The number of hydrogen-bond donors (Lipinski definition) is 1. The van der Waals surface area contributed by atoms with Crippen molar-refractivity contribution in [1.29, 1.82) is 0 Å². The Morgan fingerprint density at radius 1 is 1.08 bits per heavy atom. The molecule has 0 unspecified atom stereocenters. The first-order valence-electron chi connectivity index (χ1n) is 7.41. The maximum atomic E-state index is 12.4. The van der Waals surface area contributed by atoms with Crippen molar-refractivity contribution in [3.8, 4) is 17.2 Å². The molecule has 0 aliphatic heterocycles. The van der Waals surface area contributed by atoms with Crippen LogP contribution in [0.2, 0.25) is 5.02 Å². The maximum absolute atomic E-state index is 12.4. The van der Waals surface area contributed by atoms with E-state index in [0.29, 0.717) is 28.0 Å². The van der Waals surface area contributed by atoms with Crippen LogP contribution < -0.4 is 19.5 Å². The third kappa shape index (κ3) is 4.11. The molecule has 0 aliphatic carbocycles. The van der Waals surface area contributed by atoms with Crippen LogP contribution in [0, 0.1) is 6.92 Å². The lowest BCUT2D eigenvalue weighted by atomic mass is 10.2. The highest BCUT2D eigenvalue weighted by Crippen LogP contribution is 2.36. The van der Waals surface area contributed by atoms with Crippen molar-refractivity contribution < 1.29 is 19.0 Å². The summed E-state index contributed by atoms with van der Waals surface area (Å²) in [6, 6.07) is 10.7. The second kappa shape index (κ2) is 7.93. The van der Waals surface area contributed by atoms with Crippen molar-refractivity contribution >= 4 is 23.2 Å². The number of hydrogen-bond acceptors (Lipinski definition) is 4. The summed E-state index contributed by atoms with van der Waals surface area (Å²) in [6.07, 6.45) is -0.684. The lowest BCUT2D eigenvalue weighted by Crippen LogP contribution is -2.30. The Bertz CT molecular complexity index is 733. The molecule has 1 amide bonds. The Balaban J connectivity index is 2.14. The molecular weight excluding hydrogens is 330 g/mol. The van der Waals surface area contributed by atoms with Crippen LogP contribution in [0.3, 0.4) is 0 Å². The Morgan fingerprint density at radius 3 is 2.38 bits per heavy atom. The van der Waals surface area contributed by atoms with E-state index >= 15 is 0 Å². The third-order valence-electron chi connectivity index (χ3n) is 3.50. The predicted molar refractivity (Wildman–Crippen MR) is 94.5 cm³/mol. The van der Waals surface area contributed by atoms with Gasteiger partial charge in [0.2, 0.25) is 0 Å². The molecule has 1 N–H and O–H groups in total. The highest BCUT2D eigenvalue weighted by molar-refractivity contribution is 6.32. The molecule has 0 spiro atoms. The minimum atomic E-state index is -0.684. The fourth-order valence-corrected chi connectivity index (χ4v) is 2.37. The summed E-state index contributed by atoms with van der Waals surface area (Å²) < 4.78 is 16.1. The van der Waals surface area contributed by atoms with Gasteiger partial charge in [0.25, 0.3) is 5.91 Å². The van der Waals surface area contributed by atoms with Gasteiger partial charge in [-0.05, 0) is 31.5 Å². The number of carbonyl (C=O) groups excluding carboxylic acids is 1. The molecule has 0 bridgehead atoms. The topological polar surface area (TPSA) is 56.8 Å². The SMILES string of the molecule is COc1cc(OC)c(NC(=O)[C@H](C)Oc2ccccc2C)cc1Cl. The van der Waals surface area contributed by atoms with Gasteiger partial charge in [0.15, 0.2) is 6.10 Å². The summed E-state index contributed by atoms with van der Waals surface area (Å²) in [4.78, 5) is 12.4. The van der Waals surface area contributed by atoms with Crippen LogP contribution in [0.15, 0.2) is 36.4 Å². The summed E-state index contributed by atoms with van der Waals surface area (Å²) >= 11 is 6.11. The van der Waals surface area contributed by atoms with Crippen LogP contribution in [0.1, 0.15) is 12.5 Å². The molecule has 0 heterocycles. The van der Waals surface area contributed by atoms with Gasteiger partial charge in [-0.2, -0.15) is 0 Å². The molecule has 2 aromatic carbocycles. The zero-order chi connectivity index (χ0) is 17.7. The number of benzene rings is 2. The molecule has 0 saturated carbocycles.